The molecule has 0 unspecified atom stereocenters. The monoisotopic (exact) mass is 260 g/mol. The lowest BCUT2D eigenvalue weighted by Gasteiger charge is -2.05. The normalized spacial score (nSPS) is 10.8. The van der Waals surface area contributed by atoms with Crippen LogP contribution in [0, 0.1) is 0 Å². The van der Waals surface area contributed by atoms with Gasteiger partial charge in [0.05, 0.1) is 4.90 Å². The Hall–Kier alpha value is -1.27. The smallest absolute Gasteiger partial charge is 0.211 e. The van der Waals surface area contributed by atoms with Crippen molar-refractivity contribution in [2.45, 2.75) is 4.90 Å². The number of rotatable bonds is 5. The van der Waals surface area contributed by atoms with E-state index in [1.54, 1.807) is 12.1 Å². The standard InChI is InChI=1S/C8H9ClN4O2S/c9-7-2-1-3-8(6-7)16(14,15)12-5-4-11-13-10/h1-3,6,12H,4-5H2. The van der Waals surface area contributed by atoms with Gasteiger partial charge < -0.3 is 0 Å². The summed E-state index contributed by atoms with van der Waals surface area (Å²) in [6.07, 6.45) is 0. The summed E-state index contributed by atoms with van der Waals surface area (Å²) in [4.78, 5) is 2.60. The summed E-state index contributed by atoms with van der Waals surface area (Å²) in [6, 6.07) is 5.91. The van der Waals surface area contributed by atoms with Crippen LogP contribution >= 0.6 is 11.6 Å². The minimum atomic E-state index is -3.58. The van der Waals surface area contributed by atoms with Crippen molar-refractivity contribution in [3.05, 3.63) is 39.7 Å². The zero-order valence-corrected chi connectivity index (χ0v) is 9.74. The number of hydrogen-bond donors (Lipinski definition) is 1. The highest BCUT2D eigenvalue weighted by Crippen LogP contribution is 2.14. The van der Waals surface area contributed by atoms with E-state index in [9.17, 15) is 8.42 Å². The molecule has 86 valence electrons. The van der Waals surface area contributed by atoms with Crippen LogP contribution in [0.25, 0.3) is 10.4 Å². The van der Waals surface area contributed by atoms with Crippen LogP contribution in [-0.2, 0) is 10.0 Å². The molecule has 6 nitrogen and oxygen atoms in total. The molecule has 0 aromatic heterocycles. The maximum Gasteiger partial charge on any atom is 0.240 e. The molecule has 0 saturated carbocycles. The van der Waals surface area contributed by atoms with Crippen LogP contribution < -0.4 is 4.72 Å². The van der Waals surface area contributed by atoms with Gasteiger partial charge in [0, 0.05) is 23.0 Å². The average molecular weight is 261 g/mol. The van der Waals surface area contributed by atoms with E-state index in [4.69, 9.17) is 17.1 Å². The molecule has 0 spiro atoms. The van der Waals surface area contributed by atoms with Crippen LogP contribution in [0.15, 0.2) is 34.3 Å². The Kier molecular flexibility index (Phi) is 4.57. The number of sulfonamides is 1. The predicted molar refractivity (Wildman–Crippen MR) is 60.7 cm³/mol. The first-order valence-electron chi connectivity index (χ1n) is 4.32. The van der Waals surface area contributed by atoms with Gasteiger partial charge in [0.25, 0.3) is 0 Å². The van der Waals surface area contributed by atoms with Crippen molar-refractivity contribution in [1.29, 1.82) is 0 Å². The summed E-state index contributed by atoms with van der Waals surface area (Å²) in [6.45, 7) is 0.120. The minimum Gasteiger partial charge on any atom is -0.211 e. The second kappa shape index (κ2) is 5.72. The van der Waals surface area contributed by atoms with E-state index in [1.807, 2.05) is 0 Å². The van der Waals surface area contributed by atoms with Crippen molar-refractivity contribution in [2.24, 2.45) is 5.11 Å². The van der Waals surface area contributed by atoms with Crippen LogP contribution in [0.3, 0.4) is 0 Å². The molecule has 1 aromatic rings. The van der Waals surface area contributed by atoms with Crippen LogP contribution in [0.2, 0.25) is 5.02 Å². The molecular formula is C8H9ClN4O2S. The third-order valence-corrected chi connectivity index (χ3v) is 3.37. The molecule has 1 N–H and O–H groups in total. The Morgan fingerprint density at radius 1 is 1.50 bits per heavy atom. The Morgan fingerprint density at radius 3 is 2.88 bits per heavy atom. The Morgan fingerprint density at radius 2 is 2.25 bits per heavy atom. The summed E-state index contributed by atoms with van der Waals surface area (Å²) in [5, 5.41) is 3.56. The van der Waals surface area contributed by atoms with Gasteiger partial charge in [0.15, 0.2) is 0 Å². The van der Waals surface area contributed by atoms with Gasteiger partial charge >= 0.3 is 0 Å². The van der Waals surface area contributed by atoms with E-state index in [1.165, 1.54) is 12.1 Å². The fourth-order valence-electron chi connectivity index (χ4n) is 0.992. The molecule has 8 heteroatoms. The van der Waals surface area contributed by atoms with Crippen molar-refractivity contribution >= 4 is 21.6 Å². The second-order valence-electron chi connectivity index (χ2n) is 2.81. The highest BCUT2D eigenvalue weighted by atomic mass is 35.5. The summed E-state index contributed by atoms with van der Waals surface area (Å²) in [5.74, 6) is 0. The van der Waals surface area contributed by atoms with Crippen LogP contribution in [0.1, 0.15) is 0 Å². The number of halogens is 1. The Balaban J connectivity index is 2.74. The van der Waals surface area contributed by atoms with Gasteiger partial charge in [-0.1, -0.05) is 22.8 Å². The lowest BCUT2D eigenvalue weighted by Crippen LogP contribution is -2.26. The quantitative estimate of drug-likeness (QED) is 0.379. The van der Waals surface area contributed by atoms with Gasteiger partial charge in [0.1, 0.15) is 0 Å². The van der Waals surface area contributed by atoms with Crippen molar-refractivity contribution in [3.8, 4) is 0 Å². The van der Waals surface area contributed by atoms with E-state index < -0.39 is 10.0 Å². The van der Waals surface area contributed by atoms with Crippen molar-refractivity contribution in [2.75, 3.05) is 13.1 Å². The summed E-state index contributed by atoms with van der Waals surface area (Å²) >= 11 is 5.68. The van der Waals surface area contributed by atoms with Crippen molar-refractivity contribution < 1.29 is 8.42 Å². The summed E-state index contributed by atoms with van der Waals surface area (Å²) in [5.41, 5.74) is 8.01. The molecule has 16 heavy (non-hydrogen) atoms. The lowest BCUT2D eigenvalue weighted by atomic mass is 10.4. The molecule has 1 rings (SSSR count). The van der Waals surface area contributed by atoms with Gasteiger partial charge in [-0.2, -0.15) is 0 Å². The Bertz CT molecular complexity index is 511. The molecule has 0 atom stereocenters. The van der Waals surface area contributed by atoms with E-state index in [-0.39, 0.29) is 18.0 Å². The molecule has 0 aliphatic carbocycles. The van der Waals surface area contributed by atoms with Crippen LogP contribution in [-0.4, -0.2) is 21.5 Å². The first kappa shape index (κ1) is 12.8. The third-order valence-electron chi connectivity index (χ3n) is 1.67. The fraction of sp³-hybridized carbons (Fsp3) is 0.250. The topological polar surface area (TPSA) is 94.9 Å². The van der Waals surface area contributed by atoms with E-state index in [2.05, 4.69) is 14.7 Å². The molecule has 0 heterocycles. The van der Waals surface area contributed by atoms with E-state index in [0.717, 1.165) is 0 Å². The van der Waals surface area contributed by atoms with Gasteiger partial charge in [0.2, 0.25) is 10.0 Å². The molecule has 0 amide bonds. The largest absolute Gasteiger partial charge is 0.240 e. The predicted octanol–water partition coefficient (Wildman–Crippen LogP) is 1.93. The Labute approximate surface area is 97.9 Å². The van der Waals surface area contributed by atoms with Crippen LogP contribution in [0.5, 0.6) is 0 Å². The third kappa shape index (κ3) is 3.71. The van der Waals surface area contributed by atoms with Gasteiger partial charge in [-0.15, -0.1) is 0 Å². The lowest BCUT2D eigenvalue weighted by molar-refractivity contribution is 0.582. The maximum atomic E-state index is 11.6. The molecule has 0 bridgehead atoms. The SMILES string of the molecule is [N-]=[N+]=NCCNS(=O)(=O)c1cccc(Cl)c1. The van der Waals surface area contributed by atoms with E-state index in [0.29, 0.717) is 5.02 Å². The minimum absolute atomic E-state index is 0.0545. The fourth-order valence-corrected chi connectivity index (χ4v) is 2.31. The van der Waals surface area contributed by atoms with E-state index >= 15 is 0 Å². The number of nitrogens with zero attached hydrogens (tertiary/aromatic N) is 3. The number of nitrogens with one attached hydrogen (secondary N) is 1. The van der Waals surface area contributed by atoms with Gasteiger partial charge in [-0.25, -0.2) is 13.1 Å². The second-order valence-corrected chi connectivity index (χ2v) is 5.01. The van der Waals surface area contributed by atoms with Crippen LogP contribution in [0.4, 0.5) is 0 Å². The summed E-state index contributed by atoms with van der Waals surface area (Å²) < 4.78 is 25.6. The number of benzene rings is 1. The van der Waals surface area contributed by atoms with Gasteiger partial charge in [-0.3, -0.25) is 0 Å². The molecule has 0 radical (unpaired) electrons. The highest BCUT2D eigenvalue weighted by molar-refractivity contribution is 7.89. The first-order chi connectivity index (χ1) is 7.56. The van der Waals surface area contributed by atoms with Crippen molar-refractivity contribution in [3.63, 3.8) is 0 Å². The molecule has 0 aliphatic heterocycles. The summed E-state index contributed by atoms with van der Waals surface area (Å²) in [7, 11) is -3.58. The van der Waals surface area contributed by atoms with Crippen molar-refractivity contribution in [1.82, 2.24) is 4.72 Å². The molecular weight excluding hydrogens is 252 g/mol. The maximum absolute atomic E-state index is 11.6. The zero-order chi connectivity index (χ0) is 12.0. The first-order valence-corrected chi connectivity index (χ1v) is 6.18. The zero-order valence-electron chi connectivity index (χ0n) is 8.17. The average Bonchev–Trinajstić information content (AvgIpc) is 2.24. The highest BCUT2D eigenvalue weighted by Gasteiger charge is 2.12. The molecule has 1 aromatic carbocycles. The van der Waals surface area contributed by atoms with Gasteiger partial charge in [-0.05, 0) is 23.7 Å². The number of hydrogen-bond acceptors (Lipinski definition) is 3. The number of azide groups is 1. The molecule has 0 fully saturated rings. The molecule has 0 saturated heterocycles. The molecule has 0 aliphatic rings.